The molecule has 3 aromatic rings. The minimum absolute atomic E-state index is 0.00407. The largest absolute Gasteiger partial charge is 0.435 e. The van der Waals surface area contributed by atoms with Gasteiger partial charge in [-0.3, -0.25) is 0 Å². The van der Waals surface area contributed by atoms with Crippen molar-refractivity contribution in [1.29, 1.82) is 0 Å². The molecule has 4 nitrogen and oxygen atoms in total. The highest BCUT2D eigenvalue weighted by Crippen LogP contribution is 2.39. The lowest BCUT2D eigenvalue weighted by Crippen LogP contribution is -2.13. The summed E-state index contributed by atoms with van der Waals surface area (Å²) in [6.45, 7) is 6.44. The van der Waals surface area contributed by atoms with Gasteiger partial charge in [0.15, 0.2) is 11.3 Å². The van der Waals surface area contributed by atoms with Crippen molar-refractivity contribution < 1.29 is 13.2 Å². The number of benzene rings is 1. The predicted molar refractivity (Wildman–Crippen MR) is 91.5 cm³/mol. The van der Waals surface area contributed by atoms with E-state index in [0.717, 1.165) is 0 Å². The van der Waals surface area contributed by atoms with Crippen LogP contribution in [0.5, 0.6) is 0 Å². The summed E-state index contributed by atoms with van der Waals surface area (Å²) in [7, 11) is 0. The second kappa shape index (κ2) is 6.38. The first kappa shape index (κ1) is 17.3. The Hall–Kier alpha value is -2.57. The van der Waals surface area contributed by atoms with Crippen molar-refractivity contribution in [2.45, 2.75) is 26.9 Å². The van der Waals surface area contributed by atoms with E-state index >= 15 is 0 Å². The van der Waals surface area contributed by atoms with Crippen molar-refractivity contribution in [1.82, 2.24) is 14.6 Å². The molecule has 1 aromatic carbocycles. The van der Waals surface area contributed by atoms with Crippen LogP contribution in [0.3, 0.4) is 0 Å². The van der Waals surface area contributed by atoms with Gasteiger partial charge >= 0.3 is 6.18 Å². The van der Waals surface area contributed by atoms with Crippen molar-refractivity contribution in [3.8, 4) is 11.1 Å². The zero-order chi connectivity index (χ0) is 18.2. The molecule has 0 saturated carbocycles. The Bertz CT molecular complexity index is 883. The molecule has 0 bridgehead atoms. The van der Waals surface area contributed by atoms with E-state index in [1.165, 1.54) is 4.52 Å². The van der Waals surface area contributed by atoms with E-state index in [1.807, 2.05) is 13.8 Å². The number of aryl methyl sites for hydroxylation is 1. The van der Waals surface area contributed by atoms with Crippen molar-refractivity contribution >= 4 is 11.5 Å². The van der Waals surface area contributed by atoms with Crippen LogP contribution in [0, 0.1) is 12.8 Å². The third-order valence-electron chi connectivity index (χ3n) is 3.74. The lowest BCUT2D eigenvalue weighted by Gasteiger charge is -2.11. The van der Waals surface area contributed by atoms with E-state index < -0.39 is 11.9 Å². The number of hydrogen-bond acceptors (Lipinski definition) is 3. The highest BCUT2D eigenvalue weighted by molar-refractivity contribution is 5.81. The molecule has 0 aliphatic heterocycles. The van der Waals surface area contributed by atoms with E-state index in [4.69, 9.17) is 0 Å². The zero-order valence-corrected chi connectivity index (χ0v) is 14.2. The Balaban J connectivity index is 2.29. The van der Waals surface area contributed by atoms with Crippen LogP contribution in [-0.2, 0) is 6.18 Å². The van der Waals surface area contributed by atoms with Crippen molar-refractivity contribution in [3.63, 3.8) is 0 Å². The van der Waals surface area contributed by atoms with Gasteiger partial charge in [-0.2, -0.15) is 22.8 Å². The second-order valence-corrected chi connectivity index (χ2v) is 6.38. The first-order valence-corrected chi connectivity index (χ1v) is 8.04. The number of aromatic nitrogens is 3. The molecule has 3 rings (SSSR count). The number of rotatable bonds is 4. The molecule has 0 amide bonds. The van der Waals surface area contributed by atoms with Crippen molar-refractivity contribution in [2.75, 3.05) is 11.9 Å². The summed E-state index contributed by atoms with van der Waals surface area (Å²) in [5.41, 5.74) is 0.348. The maximum Gasteiger partial charge on any atom is 0.435 e. The van der Waals surface area contributed by atoms with Crippen LogP contribution in [0.4, 0.5) is 19.0 Å². The molecule has 132 valence electrons. The van der Waals surface area contributed by atoms with Gasteiger partial charge < -0.3 is 5.32 Å². The van der Waals surface area contributed by atoms with E-state index in [2.05, 4.69) is 15.4 Å². The second-order valence-electron chi connectivity index (χ2n) is 6.38. The first-order valence-electron chi connectivity index (χ1n) is 8.04. The Kier molecular flexibility index (Phi) is 4.41. The van der Waals surface area contributed by atoms with Crippen LogP contribution in [0.2, 0.25) is 0 Å². The van der Waals surface area contributed by atoms with E-state index in [0.29, 0.717) is 29.5 Å². The van der Waals surface area contributed by atoms with Gasteiger partial charge in [-0.25, -0.2) is 4.98 Å². The van der Waals surface area contributed by atoms with Gasteiger partial charge in [0.2, 0.25) is 0 Å². The molecule has 0 fully saturated rings. The number of nitrogens with zero attached hydrogens (tertiary/aromatic N) is 3. The fourth-order valence-corrected chi connectivity index (χ4v) is 2.64. The summed E-state index contributed by atoms with van der Waals surface area (Å²) >= 11 is 0. The molecule has 7 heteroatoms. The first-order chi connectivity index (χ1) is 11.8. The van der Waals surface area contributed by atoms with Gasteiger partial charge in [-0.05, 0) is 18.4 Å². The molecule has 0 aliphatic rings. The SMILES string of the molecule is Cc1cc(NCC(C)C)n2nc(C(F)(F)F)c(-c3ccccc3)c2n1. The smallest absolute Gasteiger partial charge is 0.370 e. The fraction of sp³-hybridized carbons (Fsp3) is 0.333. The molecule has 0 unspecified atom stereocenters. The summed E-state index contributed by atoms with van der Waals surface area (Å²) in [6, 6.07) is 10.1. The van der Waals surface area contributed by atoms with Crippen LogP contribution in [0.25, 0.3) is 16.8 Å². The fourth-order valence-electron chi connectivity index (χ4n) is 2.64. The quantitative estimate of drug-likeness (QED) is 0.737. The Morgan fingerprint density at radius 1 is 1.16 bits per heavy atom. The normalized spacial score (nSPS) is 12.1. The number of halogens is 3. The Morgan fingerprint density at radius 2 is 1.84 bits per heavy atom. The van der Waals surface area contributed by atoms with E-state index in [1.54, 1.807) is 43.3 Å². The third-order valence-corrected chi connectivity index (χ3v) is 3.74. The number of fused-ring (bicyclic) bond motifs is 1. The summed E-state index contributed by atoms with van der Waals surface area (Å²) in [4.78, 5) is 4.33. The zero-order valence-electron chi connectivity index (χ0n) is 14.2. The van der Waals surface area contributed by atoms with Gasteiger partial charge in [-0.1, -0.05) is 44.2 Å². The molecule has 2 heterocycles. The molecule has 0 spiro atoms. The van der Waals surface area contributed by atoms with Gasteiger partial charge in [0.1, 0.15) is 5.82 Å². The van der Waals surface area contributed by atoms with E-state index in [-0.39, 0.29) is 11.2 Å². The maximum absolute atomic E-state index is 13.6. The highest BCUT2D eigenvalue weighted by Gasteiger charge is 2.39. The average Bonchev–Trinajstić information content (AvgIpc) is 2.93. The Labute approximate surface area is 143 Å². The molecule has 0 atom stereocenters. The summed E-state index contributed by atoms with van der Waals surface area (Å²) in [5.74, 6) is 0.846. The van der Waals surface area contributed by atoms with Crippen molar-refractivity contribution in [3.05, 3.63) is 47.8 Å². The monoisotopic (exact) mass is 348 g/mol. The van der Waals surface area contributed by atoms with Crippen LogP contribution in [-0.4, -0.2) is 21.1 Å². The molecule has 1 N–H and O–H groups in total. The molecular weight excluding hydrogens is 329 g/mol. The summed E-state index contributed by atoms with van der Waals surface area (Å²) < 4.78 is 42.0. The lowest BCUT2D eigenvalue weighted by atomic mass is 10.1. The van der Waals surface area contributed by atoms with Crippen molar-refractivity contribution in [2.24, 2.45) is 5.92 Å². The molecular formula is C18H19F3N4. The number of hydrogen-bond donors (Lipinski definition) is 1. The Morgan fingerprint density at radius 3 is 2.44 bits per heavy atom. The molecule has 0 aliphatic carbocycles. The highest BCUT2D eigenvalue weighted by atomic mass is 19.4. The minimum atomic E-state index is -4.57. The topological polar surface area (TPSA) is 42.2 Å². The third kappa shape index (κ3) is 3.45. The van der Waals surface area contributed by atoms with Gasteiger partial charge in [0, 0.05) is 18.3 Å². The molecule has 0 radical (unpaired) electrons. The van der Waals surface area contributed by atoms with Crippen LogP contribution in [0.1, 0.15) is 25.2 Å². The number of anilines is 1. The summed E-state index contributed by atoms with van der Waals surface area (Å²) in [6.07, 6.45) is -4.57. The standard InChI is InChI=1S/C18H19F3N4/c1-11(2)10-22-14-9-12(3)23-17-15(13-7-5-4-6-8-13)16(18(19,20)21)24-25(14)17/h4-9,11,22H,10H2,1-3H3. The molecule has 25 heavy (non-hydrogen) atoms. The van der Waals surface area contributed by atoms with Gasteiger partial charge in [-0.15, -0.1) is 0 Å². The number of nitrogens with one attached hydrogen (secondary N) is 1. The average molecular weight is 348 g/mol. The van der Waals surface area contributed by atoms with Crippen LogP contribution >= 0.6 is 0 Å². The van der Waals surface area contributed by atoms with Gasteiger partial charge in [0.05, 0.1) is 5.56 Å². The molecule has 0 saturated heterocycles. The summed E-state index contributed by atoms with van der Waals surface area (Å²) in [5, 5.41) is 7.01. The molecule has 2 aromatic heterocycles. The van der Waals surface area contributed by atoms with Gasteiger partial charge in [0.25, 0.3) is 0 Å². The van der Waals surface area contributed by atoms with E-state index in [9.17, 15) is 13.2 Å². The predicted octanol–water partition coefficient (Wildman–Crippen LogP) is 4.79. The lowest BCUT2D eigenvalue weighted by molar-refractivity contribution is -0.140. The van der Waals surface area contributed by atoms with Crippen LogP contribution < -0.4 is 5.32 Å². The number of alkyl halides is 3. The maximum atomic E-state index is 13.6. The van der Waals surface area contributed by atoms with Crippen LogP contribution in [0.15, 0.2) is 36.4 Å². The minimum Gasteiger partial charge on any atom is -0.370 e.